The van der Waals surface area contributed by atoms with E-state index in [9.17, 15) is 4.79 Å². The summed E-state index contributed by atoms with van der Waals surface area (Å²) in [5.74, 6) is -0.770. The minimum atomic E-state index is -0.770. The molecule has 4 nitrogen and oxygen atoms in total. The molecule has 0 radical (unpaired) electrons. The SMILES string of the molecule is CCN(Cc1cccc(N)c1)CC(C)(C)C(=O)O. The van der Waals surface area contributed by atoms with Crippen molar-refractivity contribution in [2.75, 3.05) is 18.8 Å². The predicted molar refractivity (Wildman–Crippen MR) is 73.2 cm³/mol. The van der Waals surface area contributed by atoms with Crippen LogP contribution >= 0.6 is 0 Å². The molecule has 0 fully saturated rings. The Morgan fingerprint density at radius 1 is 1.44 bits per heavy atom. The molecule has 0 saturated heterocycles. The highest BCUT2D eigenvalue weighted by molar-refractivity contribution is 5.73. The van der Waals surface area contributed by atoms with Gasteiger partial charge in [-0.1, -0.05) is 19.1 Å². The molecule has 0 spiro atoms. The van der Waals surface area contributed by atoms with Crippen LogP contribution in [0.5, 0.6) is 0 Å². The van der Waals surface area contributed by atoms with Crippen molar-refractivity contribution in [1.29, 1.82) is 0 Å². The van der Waals surface area contributed by atoms with Gasteiger partial charge in [-0.3, -0.25) is 9.69 Å². The number of anilines is 1. The van der Waals surface area contributed by atoms with E-state index in [0.717, 1.165) is 24.3 Å². The maximum absolute atomic E-state index is 11.1. The van der Waals surface area contributed by atoms with E-state index in [4.69, 9.17) is 10.8 Å². The predicted octanol–water partition coefficient (Wildman–Crippen LogP) is 2.20. The number of benzene rings is 1. The molecule has 18 heavy (non-hydrogen) atoms. The number of carbonyl (C=O) groups is 1. The van der Waals surface area contributed by atoms with Crippen LogP contribution in [-0.2, 0) is 11.3 Å². The number of hydrogen-bond acceptors (Lipinski definition) is 3. The Balaban J connectivity index is 2.71. The first-order chi connectivity index (χ1) is 8.35. The molecule has 0 heterocycles. The van der Waals surface area contributed by atoms with Crippen molar-refractivity contribution in [3.8, 4) is 0 Å². The Labute approximate surface area is 108 Å². The summed E-state index contributed by atoms with van der Waals surface area (Å²) in [5, 5.41) is 9.15. The van der Waals surface area contributed by atoms with E-state index >= 15 is 0 Å². The topological polar surface area (TPSA) is 66.6 Å². The fraction of sp³-hybridized carbons (Fsp3) is 0.500. The summed E-state index contributed by atoms with van der Waals surface area (Å²) in [6, 6.07) is 7.70. The molecular weight excluding hydrogens is 228 g/mol. The molecule has 0 aromatic heterocycles. The van der Waals surface area contributed by atoms with Gasteiger partial charge in [0.05, 0.1) is 5.41 Å². The van der Waals surface area contributed by atoms with Gasteiger partial charge >= 0.3 is 5.97 Å². The average molecular weight is 250 g/mol. The summed E-state index contributed by atoms with van der Waals surface area (Å²) in [5.41, 5.74) is 6.85. The minimum Gasteiger partial charge on any atom is -0.481 e. The van der Waals surface area contributed by atoms with Crippen molar-refractivity contribution < 1.29 is 9.90 Å². The minimum absolute atomic E-state index is 0.521. The third-order valence-electron chi connectivity index (χ3n) is 3.00. The number of nitrogen functional groups attached to an aromatic ring is 1. The number of nitrogens with zero attached hydrogens (tertiary/aromatic N) is 1. The van der Waals surface area contributed by atoms with Crippen molar-refractivity contribution in [2.45, 2.75) is 27.3 Å². The second-order valence-electron chi connectivity index (χ2n) is 5.24. The summed E-state index contributed by atoms with van der Waals surface area (Å²) in [6.45, 7) is 7.58. The fourth-order valence-corrected chi connectivity index (χ4v) is 1.86. The number of nitrogens with two attached hydrogens (primary N) is 1. The number of rotatable bonds is 6. The lowest BCUT2D eigenvalue weighted by atomic mass is 9.93. The van der Waals surface area contributed by atoms with Crippen LogP contribution in [0.4, 0.5) is 5.69 Å². The third kappa shape index (κ3) is 4.04. The lowest BCUT2D eigenvalue weighted by Gasteiger charge is -2.28. The molecule has 0 atom stereocenters. The zero-order valence-corrected chi connectivity index (χ0v) is 11.3. The second kappa shape index (κ2) is 5.87. The Kier molecular flexibility index (Phi) is 4.73. The van der Waals surface area contributed by atoms with Crippen molar-refractivity contribution in [3.63, 3.8) is 0 Å². The van der Waals surface area contributed by atoms with E-state index < -0.39 is 11.4 Å². The highest BCUT2D eigenvalue weighted by Gasteiger charge is 2.29. The Morgan fingerprint density at radius 2 is 2.11 bits per heavy atom. The lowest BCUT2D eigenvalue weighted by molar-refractivity contribution is -0.148. The summed E-state index contributed by atoms with van der Waals surface area (Å²) >= 11 is 0. The number of aliphatic carboxylic acids is 1. The van der Waals surface area contributed by atoms with Gasteiger partial charge < -0.3 is 10.8 Å². The van der Waals surface area contributed by atoms with Crippen LogP contribution in [0.25, 0.3) is 0 Å². The molecular formula is C14H22N2O2. The maximum Gasteiger partial charge on any atom is 0.310 e. The van der Waals surface area contributed by atoms with E-state index in [2.05, 4.69) is 4.90 Å². The van der Waals surface area contributed by atoms with Gasteiger partial charge in [0.1, 0.15) is 0 Å². The Hall–Kier alpha value is -1.55. The quantitative estimate of drug-likeness (QED) is 0.760. The van der Waals surface area contributed by atoms with Gasteiger partial charge in [0.25, 0.3) is 0 Å². The first-order valence-electron chi connectivity index (χ1n) is 6.15. The zero-order chi connectivity index (χ0) is 13.8. The molecule has 1 rings (SSSR count). The maximum atomic E-state index is 11.1. The van der Waals surface area contributed by atoms with Crippen LogP contribution in [0.3, 0.4) is 0 Å². The van der Waals surface area contributed by atoms with Gasteiger partial charge in [-0.25, -0.2) is 0 Å². The summed E-state index contributed by atoms with van der Waals surface area (Å²) in [7, 11) is 0. The Morgan fingerprint density at radius 3 is 2.61 bits per heavy atom. The normalized spacial score (nSPS) is 11.8. The van der Waals surface area contributed by atoms with Gasteiger partial charge in [-0.05, 0) is 38.1 Å². The first-order valence-corrected chi connectivity index (χ1v) is 6.15. The van der Waals surface area contributed by atoms with Crippen LogP contribution in [-0.4, -0.2) is 29.1 Å². The molecule has 0 saturated carbocycles. The van der Waals surface area contributed by atoms with Gasteiger partial charge in [0.2, 0.25) is 0 Å². The van der Waals surface area contributed by atoms with Crippen LogP contribution in [0.2, 0.25) is 0 Å². The summed E-state index contributed by atoms with van der Waals surface area (Å²) < 4.78 is 0. The van der Waals surface area contributed by atoms with Crippen LogP contribution < -0.4 is 5.73 Å². The molecule has 0 amide bonds. The van der Waals surface area contributed by atoms with Gasteiger partial charge in [0, 0.05) is 18.8 Å². The zero-order valence-electron chi connectivity index (χ0n) is 11.3. The standard InChI is InChI=1S/C14H22N2O2/c1-4-16(10-14(2,3)13(17)18)9-11-6-5-7-12(15)8-11/h5-8H,4,9-10,15H2,1-3H3,(H,17,18). The number of hydrogen-bond donors (Lipinski definition) is 2. The van der Waals surface area contributed by atoms with E-state index in [-0.39, 0.29) is 0 Å². The summed E-state index contributed by atoms with van der Waals surface area (Å²) in [4.78, 5) is 13.2. The summed E-state index contributed by atoms with van der Waals surface area (Å²) in [6.07, 6.45) is 0. The van der Waals surface area contributed by atoms with Gasteiger partial charge in [-0.2, -0.15) is 0 Å². The largest absolute Gasteiger partial charge is 0.481 e. The average Bonchev–Trinajstić information content (AvgIpc) is 2.27. The highest BCUT2D eigenvalue weighted by Crippen LogP contribution is 2.19. The molecule has 4 heteroatoms. The van der Waals surface area contributed by atoms with E-state index in [0.29, 0.717) is 6.54 Å². The van der Waals surface area contributed by atoms with E-state index in [1.165, 1.54) is 0 Å². The molecule has 0 aliphatic rings. The molecule has 0 aliphatic carbocycles. The van der Waals surface area contributed by atoms with Crippen LogP contribution in [0.15, 0.2) is 24.3 Å². The van der Waals surface area contributed by atoms with E-state index in [1.807, 2.05) is 31.2 Å². The van der Waals surface area contributed by atoms with Gasteiger partial charge in [-0.15, -0.1) is 0 Å². The third-order valence-corrected chi connectivity index (χ3v) is 3.00. The first kappa shape index (κ1) is 14.5. The Bertz CT molecular complexity index is 416. The van der Waals surface area contributed by atoms with Crippen molar-refractivity contribution >= 4 is 11.7 Å². The molecule has 0 aliphatic heterocycles. The molecule has 0 bridgehead atoms. The van der Waals surface area contributed by atoms with Crippen LogP contribution in [0, 0.1) is 5.41 Å². The number of carboxylic acid groups (broad SMARTS) is 1. The fourth-order valence-electron chi connectivity index (χ4n) is 1.86. The van der Waals surface area contributed by atoms with E-state index in [1.54, 1.807) is 13.8 Å². The van der Waals surface area contributed by atoms with Crippen molar-refractivity contribution in [2.24, 2.45) is 5.41 Å². The second-order valence-corrected chi connectivity index (χ2v) is 5.24. The molecule has 1 aromatic carbocycles. The molecule has 1 aromatic rings. The lowest BCUT2D eigenvalue weighted by Crippen LogP contribution is -2.38. The molecule has 100 valence electrons. The smallest absolute Gasteiger partial charge is 0.310 e. The van der Waals surface area contributed by atoms with Gasteiger partial charge in [0.15, 0.2) is 0 Å². The molecule has 3 N–H and O–H groups in total. The number of carboxylic acids is 1. The van der Waals surface area contributed by atoms with Crippen molar-refractivity contribution in [3.05, 3.63) is 29.8 Å². The van der Waals surface area contributed by atoms with Crippen molar-refractivity contribution in [1.82, 2.24) is 4.90 Å². The van der Waals surface area contributed by atoms with Crippen LogP contribution in [0.1, 0.15) is 26.3 Å². The molecule has 0 unspecified atom stereocenters. The highest BCUT2D eigenvalue weighted by atomic mass is 16.4. The monoisotopic (exact) mass is 250 g/mol.